The fraction of sp³-hybridized carbons (Fsp3) is 0.0625. The van der Waals surface area contributed by atoms with Gasteiger partial charge in [-0.15, -0.1) is 0 Å². The lowest BCUT2D eigenvalue weighted by molar-refractivity contribution is -0.384. The summed E-state index contributed by atoms with van der Waals surface area (Å²) in [5.41, 5.74) is 1.69. The highest BCUT2D eigenvalue weighted by atomic mass is 16.6. The number of nitrogens with zero attached hydrogens (tertiary/aromatic N) is 2. The van der Waals surface area contributed by atoms with E-state index in [9.17, 15) is 10.1 Å². The summed E-state index contributed by atoms with van der Waals surface area (Å²) in [5.74, 6) is 0.458. The average Bonchev–Trinajstić information content (AvgIpc) is 2.52. The largest absolute Gasteiger partial charge is 0.481 e. The third kappa shape index (κ3) is 4.28. The molecule has 0 aliphatic heterocycles. The monoisotopic (exact) mass is 282 g/mol. The van der Waals surface area contributed by atoms with Gasteiger partial charge in [0.15, 0.2) is 0 Å². The first-order chi connectivity index (χ1) is 10.2. The number of aliphatic imine (C=N–C) groups is 1. The molecule has 0 bridgehead atoms. The second kappa shape index (κ2) is 7.00. The SMILES string of the molecule is COC(C=Cc1ccc([N+](=O)[O-])cc1)=Nc1ccccc1. The van der Waals surface area contributed by atoms with Crippen molar-refractivity contribution in [1.82, 2.24) is 0 Å². The van der Waals surface area contributed by atoms with Gasteiger partial charge in [0.1, 0.15) is 0 Å². The van der Waals surface area contributed by atoms with E-state index in [0.717, 1.165) is 11.3 Å². The van der Waals surface area contributed by atoms with E-state index in [-0.39, 0.29) is 5.69 Å². The van der Waals surface area contributed by atoms with E-state index in [4.69, 9.17) is 4.74 Å². The molecule has 5 nitrogen and oxygen atoms in total. The van der Waals surface area contributed by atoms with Crippen LogP contribution in [-0.2, 0) is 4.74 Å². The molecule has 106 valence electrons. The summed E-state index contributed by atoms with van der Waals surface area (Å²) in [7, 11) is 1.54. The Morgan fingerprint density at radius 3 is 2.38 bits per heavy atom. The molecular formula is C16H14N2O3. The van der Waals surface area contributed by atoms with Crippen LogP contribution in [0, 0.1) is 10.1 Å². The van der Waals surface area contributed by atoms with Gasteiger partial charge in [-0.25, -0.2) is 4.99 Å². The van der Waals surface area contributed by atoms with Crippen LogP contribution >= 0.6 is 0 Å². The number of para-hydroxylation sites is 1. The molecule has 5 heteroatoms. The van der Waals surface area contributed by atoms with Crippen LogP contribution in [0.25, 0.3) is 6.08 Å². The first kappa shape index (κ1) is 14.5. The van der Waals surface area contributed by atoms with Gasteiger partial charge in [-0.05, 0) is 35.9 Å². The normalized spacial score (nSPS) is 11.6. The fourth-order valence-electron chi connectivity index (χ4n) is 1.66. The zero-order chi connectivity index (χ0) is 15.1. The molecule has 0 aromatic heterocycles. The summed E-state index contributed by atoms with van der Waals surface area (Å²) < 4.78 is 5.19. The quantitative estimate of drug-likeness (QED) is 0.368. The van der Waals surface area contributed by atoms with Gasteiger partial charge in [0.05, 0.1) is 17.7 Å². The number of methoxy groups -OCH3 is 1. The predicted octanol–water partition coefficient (Wildman–Crippen LogP) is 3.98. The van der Waals surface area contributed by atoms with Crippen LogP contribution < -0.4 is 0 Å². The van der Waals surface area contributed by atoms with Crippen LogP contribution in [-0.4, -0.2) is 17.9 Å². The summed E-state index contributed by atoms with van der Waals surface area (Å²) in [4.78, 5) is 14.5. The standard InChI is InChI=1S/C16H14N2O3/c1-21-16(17-14-5-3-2-4-6-14)12-9-13-7-10-15(11-8-13)18(19)20/h2-12H,1H3. The van der Waals surface area contributed by atoms with Crippen molar-refractivity contribution in [3.8, 4) is 0 Å². The van der Waals surface area contributed by atoms with Crippen molar-refractivity contribution in [2.24, 2.45) is 4.99 Å². The van der Waals surface area contributed by atoms with Gasteiger partial charge in [0.2, 0.25) is 5.90 Å². The summed E-state index contributed by atoms with van der Waals surface area (Å²) >= 11 is 0. The zero-order valence-corrected chi connectivity index (χ0v) is 11.5. The van der Waals surface area contributed by atoms with Crippen LogP contribution in [0.15, 0.2) is 65.7 Å². The lowest BCUT2D eigenvalue weighted by Gasteiger charge is -2.00. The Balaban J connectivity index is 2.14. The van der Waals surface area contributed by atoms with Gasteiger partial charge < -0.3 is 4.74 Å². The van der Waals surface area contributed by atoms with Crippen LogP contribution in [0.2, 0.25) is 0 Å². The number of non-ortho nitro benzene ring substituents is 1. The molecule has 0 fully saturated rings. The molecular weight excluding hydrogens is 268 g/mol. The molecule has 0 saturated heterocycles. The van der Waals surface area contributed by atoms with E-state index >= 15 is 0 Å². The highest BCUT2D eigenvalue weighted by Gasteiger charge is 2.02. The fourth-order valence-corrected chi connectivity index (χ4v) is 1.66. The smallest absolute Gasteiger partial charge is 0.269 e. The Morgan fingerprint density at radius 1 is 1.14 bits per heavy atom. The molecule has 2 aromatic rings. The number of rotatable bonds is 4. The van der Waals surface area contributed by atoms with Crippen molar-refractivity contribution in [2.45, 2.75) is 0 Å². The highest BCUT2D eigenvalue weighted by Crippen LogP contribution is 2.14. The molecule has 0 radical (unpaired) electrons. The van der Waals surface area contributed by atoms with Gasteiger partial charge >= 0.3 is 0 Å². The number of nitro groups is 1. The molecule has 0 amide bonds. The first-order valence-corrected chi connectivity index (χ1v) is 6.29. The lowest BCUT2D eigenvalue weighted by Crippen LogP contribution is -1.95. The second-order valence-electron chi connectivity index (χ2n) is 4.17. The molecule has 0 N–H and O–H groups in total. The third-order valence-corrected chi connectivity index (χ3v) is 2.73. The summed E-state index contributed by atoms with van der Waals surface area (Å²) in [6.45, 7) is 0. The van der Waals surface area contributed by atoms with E-state index in [1.807, 2.05) is 30.3 Å². The molecule has 21 heavy (non-hydrogen) atoms. The molecule has 0 unspecified atom stereocenters. The molecule has 0 atom stereocenters. The number of ether oxygens (including phenoxy) is 1. The molecule has 0 aliphatic rings. The van der Waals surface area contributed by atoms with Crippen LogP contribution in [0.1, 0.15) is 5.56 Å². The number of nitro benzene ring substituents is 1. The molecule has 0 spiro atoms. The Morgan fingerprint density at radius 2 is 1.81 bits per heavy atom. The van der Waals surface area contributed by atoms with Crippen molar-refractivity contribution < 1.29 is 9.66 Å². The highest BCUT2D eigenvalue weighted by molar-refractivity contribution is 5.93. The maximum Gasteiger partial charge on any atom is 0.269 e. The Kier molecular flexibility index (Phi) is 4.82. The third-order valence-electron chi connectivity index (χ3n) is 2.73. The second-order valence-corrected chi connectivity index (χ2v) is 4.17. The zero-order valence-electron chi connectivity index (χ0n) is 11.5. The van der Waals surface area contributed by atoms with Gasteiger partial charge in [0, 0.05) is 18.2 Å². The summed E-state index contributed by atoms with van der Waals surface area (Å²) in [6, 6.07) is 15.7. The lowest BCUT2D eigenvalue weighted by atomic mass is 10.2. The predicted molar refractivity (Wildman–Crippen MR) is 82.7 cm³/mol. The van der Waals surface area contributed by atoms with Gasteiger partial charge in [-0.2, -0.15) is 0 Å². The van der Waals surface area contributed by atoms with E-state index in [2.05, 4.69) is 4.99 Å². The van der Waals surface area contributed by atoms with Crippen molar-refractivity contribution in [3.05, 3.63) is 76.4 Å². The van der Waals surface area contributed by atoms with E-state index in [1.54, 1.807) is 31.4 Å². The molecule has 2 aromatic carbocycles. The maximum absolute atomic E-state index is 10.6. The topological polar surface area (TPSA) is 64.7 Å². The minimum Gasteiger partial charge on any atom is -0.481 e. The van der Waals surface area contributed by atoms with Crippen LogP contribution in [0.4, 0.5) is 11.4 Å². The Bertz CT molecular complexity index is 662. The van der Waals surface area contributed by atoms with Crippen molar-refractivity contribution in [2.75, 3.05) is 7.11 Å². The van der Waals surface area contributed by atoms with E-state index < -0.39 is 4.92 Å². The number of hydrogen-bond donors (Lipinski definition) is 0. The molecule has 0 aliphatic carbocycles. The average molecular weight is 282 g/mol. The van der Waals surface area contributed by atoms with Gasteiger partial charge in [0.25, 0.3) is 5.69 Å². The Labute approximate surface area is 122 Å². The minimum atomic E-state index is -0.426. The van der Waals surface area contributed by atoms with Gasteiger partial charge in [-0.3, -0.25) is 10.1 Å². The molecule has 0 saturated carbocycles. The minimum absolute atomic E-state index is 0.0667. The number of hydrogen-bond acceptors (Lipinski definition) is 4. The van der Waals surface area contributed by atoms with Gasteiger partial charge in [-0.1, -0.05) is 18.2 Å². The Hall–Kier alpha value is -2.95. The van der Waals surface area contributed by atoms with Crippen molar-refractivity contribution in [1.29, 1.82) is 0 Å². The van der Waals surface area contributed by atoms with Crippen molar-refractivity contribution in [3.63, 3.8) is 0 Å². The van der Waals surface area contributed by atoms with Crippen LogP contribution in [0.5, 0.6) is 0 Å². The summed E-state index contributed by atoms with van der Waals surface area (Å²) in [6.07, 6.45) is 3.50. The number of benzene rings is 2. The van der Waals surface area contributed by atoms with Crippen molar-refractivity contribution >= 4 is 23.3 Å². The molecule has 0 heterocycles. The first-order valence-electron chi connectivity index (χ1n) is 6.29. The molecule has 2 rings (SSSR count). The summed E-state index contributed by atoms with van der Waals surface area (Å²) in [5, 5.41) is 10.6. The van der Waals surface area contributed by atoms with E-state index in [1.165, 1.54) is 12.1 Å². The van der Waals surface area contributed by atoms with E-state index in [0.29, 0.717) is 5.90 Å². The van der Waals surface area contributed by atoms with Crippen LogP contribution in [0.3, 0.4) is 0 Å². The maximum atomic E-state index is 10.6.